The van der Waals surface area contributed by atoms with Crippen molar-refractivity contribution in [3.63, 3.8) is 0 Å². The summed E-state index contributed by atoms with van der Waals surface area (Å²) in [5, 5.41) is 12.8. The second kappa shape index (κ2) is 16.1. The number of hydrogen-bond donors (Lipinski definition) is 0. The molecule has 4 nitrogen and oxygen atoms in total. The van der Waals surface area contributed by atoms with Crippen LogP contribution in [0, 0.1) is 9.81 Å². The molecule has 0 amide bonds. The maximum atomic E-state index is 9.84. The van der Waals surface area contributed by atoms with Gasteiger partial charge in [-0.05, 0) is 57.8 Å². The van der Waals surface area contributed by atoms with Crippen molar-refractivity contribution in [3.05, 3.63) is 9.81 Å². The summed E-state index contributed by atoms with van der Waals surface area (Å²) < 4.78 is 0.472. The molecule has 0 aromatic carbocycles. The van der Waals surface area contributed by atoms with Crippen LogP contribution in [0.4, 0.5) is 0 Å². The number of hydrogen-bond acceptors (Lipinski definition) is 4. The minimum Gasteiger partial charge on any atom is -0.723 e. The molecule has 0 unspecified atom stereocenters. The first-order valence-corrected chi connectivity index (χ1v) is 8.40. The van der Waals surface area contributed by atoms with E-state index in [9.17, 15) is 9.81 Å². The van der Waals surface area contributed by atoms with Gasteiger partial charge in [0, 0.05) is 0 Å². The van der Waals surface area contributed by atoms with E-state index in [1.807, 2.05) is 49.2 Å². The number of nitrogens with zero attached hydrogens (tertiary/aromatic N) is 2. The number of nitroso groups, excluding NO2 is 2. The Kier molecular flexibility index (Phi) is 20.5. The third-order valence-electron chi connectivity index (χ3n) is 1.57. The molecule has 0 heterocycles. The van der Waals surface area contributed by atoms with Gasteiger partial charge in [0.05, 0.1) is 0 Å². The predicted molar refractivity (Wildman–Crippen MR) is 98.5 cm³/mol. The maximum Gasteiger partial charge on any atom is 2.00 e. The van der Waals surface area contributed by atoms with E-state index in [0.717, 1.165) is 0 Å². The Morgan fingerprint density at radius 3 is 1.05 bits per heavy atom. The second-order valence-electron chi connectivity index (χ2n) is 2.40. The van der Waals surface area contributed by atoms with E-state index in [2.05, 4.69) is 35.6 Å². The molecule has 9 heteroatoms. The normalized spacial score (nSPS) is 7.47. The molecule has 0 saturated carbocycles. The van der Waals surface area contributed by atoms with Crippen LogP contribution in [0.1, 0.15) is 27.7 Å². The zero-order valence-electron chi connectivity index (χ0n) is 11.0. The van der Waals surface area contributed by atoms with Crippen LogP contribution in [-0.2, 0) is 42.3 Å². The van der Waals surface area contributed by atoms with Crippen molar-refractivity contribution >= 4 is 74.7 Å². The van der Waals surface area contributed by atoms with Crippen LogP contribution in [-0.4, -0.2) is 30.1 Å². The van der Waals surface area contributed by atoms with Gasteiger partial charge in [-0.3, -0.25) is 0 Å². The Morgan fingerprint density at radius 2 is 1.00 bits per heavy atom. The van der Waals surface area contributed by atoms with Gasteiger partial charge in [-0.2, -0.15) is 0 Å². The van der Waals surface area contributed by atoms with Crippen LogP contribution < -0.4 is 0 Å². The summed E-state index contributed by atoms with van der Waals surface area (Å²) >= 11 is 9.29. The fourth-order valence-corrected chi connectivity index (χ4v) is 3.44. The molecule has 113 valence electrons. The van der Waals surface area contributed by atoms with Crippen LogP contribution in [0.3, 0.4) is 0 Å². The molecule has 0 saturated heterocycles. The fraction of sp³-hybridized carbons (Fsp3) is 0.400. The SMILES string of the molecule is CC=S(=CC)=C([S-])N=O.CC=S(=CC)=C([S-])N=O.[Cu+2]. The molecule has 1 radical (unpaired) electrons. The Morgan fingerprint density at radius 1 is 0.789 bits per heavy atom. The molecule has 0 fully saturated rings. The van der Waals surface area contributed by atoms with Crippen LogP contribution in [0.15, 0.2) is 10.4 Å². The van der Waals surface area contributed by atoms with E-state index in [1.165, 1.54) is 0 Å². The van der Waals surface area contributed by atoms with Crippen molar-refractivity contribution in [1.29, 1.82) is 0 Å². The Labute approximate surface area is 139 Å². The summed E-state index contributed by atoms with van der Waals surface area (Å²) in [6.07, 6.45) is 0. The first-order valence-electron chi connectivity index (χ1n) is 4.88. The van der Waals surface area contributed by atoms with E-state index in [1.54, 1.807) is 0 Å². The van der Waals surface area contributed by atoms with E-state index < -0.39 is 0 Å². The van der Waals surface area contributed by atoms with Crippen molar-refractivity contribution in [2.24, 2.45) is 10.4 Å². The average Bonchev–Trinajstić information content (AvgIpc) is 2.41. The molecule has 0 aromatic rings. The minimum absolute atomic E-state index is 0. The molecular formula is C10H16CuN2O2S4. The minimum atomic E-state index is -0.281. The van der Waals surface area contributed by atoms with Gasteiger partial charge >= 0.3 is 17.1 Å². The van der Waals surface area contributed by atoms with Gasteiger partial charge in [-0.25, -0.2) is 19.3 Å². The molecule has 0 bridgehead atoms. The molecule has 0 aromatic heterocycles. The van der Waals surface area contributed by atoms with E-state index >= 15 is 0 Å². The summed E-state index contributed by atoms with van der Waals surface area (Å²) in [5.41, 5.74) is 0. The smallest absolute Gasteiger partial charge is 0.723 e. The van der Waals surface area contributed by atoms with Crippen molar-refractivity contribution in [1.82, 2.24) is 0 Å². The van der Waals surface area contributed by atoms with E-state index in [0.29, 0.717) is 0 Å². The summed E-state index contributed by atoms with van der Waals surface area (Å²) in [6, 6.07) is 0. The van der Waals surface area contributed by atoms with Crippen molar-refractivity contribution < 1.29 is 17.1 Å². The van der Waals surface area contributed by atoms with Crippen molar-refractivity contribution in [3.8, 4) is 0 Å². The monoisotopic (exact) mass is 387 g/mol. The number of rotatable bonds is 0. The molecule has 0 aliphatic heterocycles. The van der Waals surface area contributed by atoms with Crippen molar-refractivity contribution in [2.45, 2.75) is 27.7 Å². The molecule has 0 aliphatic rings. The molecule has 0 aliphatic carbocycles. The molecular weight excluding hydrogens is 372 g/mol. The van der Waals surface area contributed by atoms with Gasteiger partial charge in [-0.15, -0.1) is 9.81 Å². The molecule has 0 rings (SSSR count). The largest absolute Gasteiger partial charge is 2.00 e. The zero-order chi connectivity index (χ0) is 14.6. The Bertz CT molecular complexity index is 507. The Hall–Kier alpha value is 0.0795. The Balaban J connectivity index is -0.000000256. The summed E-state index contributed by atoms with van der Waals surface area (Å²) in [6.45, 7) is 7.45. The van der Waals surface area contributed by atoms with Gasteiger partial charge < -0.3 is 25.3 Å². The molecule has 0 N–H and O–H groups in total. The van der Waals surface area contributed by atoms with E-state index in [4.69, 9.17) is 0 Å². The quantitative estimate of drug-likeness (QED) is 0.277. The molecule has 19 heavy (non-hydrogen) atoms. The van der Waals surface area contributed by atoms with Gasteiger partial charge in [0.2, 0.25) is 0 Å². The second-order valence-corrected chi connectivity index (χ2v) is 7.84. The summed E-state index contributed by atoms with van der Waals surface area (Å²) in [7, 11) is -0.562. The zero-order valence-corrected chi connectivity index (χ0v) is 15.2. The van der Waals surface area contributed by atoms with Gasteiger partial charge in [0.25, 0.3) is 0 Å². The van der Waals surface area contributed by atoms with Crippen LogP contribution in [0.5, 0.6) is 0 Å². The topological polar surface area (TPSA) is 58.9 Å². The van der Waals surface area contributed by atoms with Crippen LogP contribution in [0.2, 0.25) is 0 Å². The van der Waals surface area contributed by atoms with E-state index in [-0.39, 0.29) is 45.0 Å². The van der Waals surface area contributed by atoms with Crippen molar-refractivity contribution in [2.75, 3.05) is 0 Å². The third-order valence-corrected chi connectivity index (χ3v) is 5.86. The van der Waals surface area contributed by atoms with Crippen LogP contribution in [0.25, 0.3) is 0 Å². The fourth-order valence-electron chi connectivity index (χ4n) is 0.762. The van der Waals surface area contributed by atoms with Crippen LogP contribution >= 0.6 is 19.3 Å². The van der Waals surface area contributed by atoms with Gasteiger partial charge in [-0.1, -0.05) is 10.4 Å². The summed E-state index contributed by atoms with van der Waals surface area (Å²) in [4.78, 5) is 19.7. The summed E-state index contributed by atoms with van der Waals surface area (Å²) in [5.74, 6) is 0. The predicted octanol–water partition coefficient (Wildman–Crippen LogP) is 2.60. The molecule has 0 atom stereocenters. The molecule has 0 spiro atoms. The standard InChI is InChI=1S/2C5H9NOS2.Cu/c2*1-3-9(4-2)5(8)6-7;/h2*3-4,8H,1-2H3;/q;;+2/p-2. The first-order chi connectivity index (χ1) is 8.51. The van der Waals surface area contributed by atoms with Gasteiger partial charge in [0.1, 0.15) is 0 Å². The maximum absolute atomic E-state index is 9.84. The first kappa shape index (κ1) is 24.1. The van der Waals surface area contributed by atoms with Gasteiger partial charge in [0.15, 0.2) is 0 Å². The average molecular weight is 388 g/mol. The third kappa shape index (κ3) is 11.6.